The van der Waals surface area contributed by atoms with Crippen LogP contribution in [0.1, 0.15) is 29.3 Å². The molecule has 1 aromatic heterocycles. The quantitative estimate of drug-likeness (QED) is 0.307. The SMILES string of the molecule is CCNC(=NCc1cn(C)nc1C(F)(F)F)NCc1ccccc1CN1CCOCC1.I. The fourth-order valence-electron chi connectivity index (χ4n) is 3.46. The Hall–Kier alpha value is -1.86. The van der Waals surface area contributed by atoms with Gasteiger partial charge in [0.05, 0.1) is 19.8 Å². The molecule has 0 saturated carbocycles. The van der Waals surface area contributed by atoms with Gasteiger partial charge in [-0.05, 0) is 18.1 Å². The Morgan fingerprint density at radius 2 is 1.81 bits per heavy atom. The zero-order valence-electron chi connectivity index (χ0n) is 18.3. The molecule has 178 valence electrons. The number of nitrogens with one attached hydrogen (secondary N) is 2. The number of benzene rings is 1. The van der Waals surface area contributed by atoms with Crippen molar-refractivity contribution < 1.29 is 17.9 Å². The summed E-state index contributed by atoms with van der Waals surface area (Å²) in [4.78, 5) is 6.70. The second kappa shape index (κ2) is 12.4. The number of hydrogen-bond donors (Lipinski definition) is 2. The van der Waals surface area contributed by atoms with E-state index in [9.17, 15) is 13.2 Å². The Labute approximate surface area is 203 Å². The molecule has 2 aromatic rings. The smallest absolute Gasteiger partial charge is 0.379 e. The standard InChI is InChI=1S/C21H29F3N6O.HI/c1-3-25-20(27-13-18-14-29(2)28-19(18)21(22,23)24)26-12-16-6-4-5-7-17(16)15-30-8-10-31-11-9-30;/h4-7,14H,3,8-13,15H2,1-2H3,(H2,25,26,27);1H. The van der Waals surface area contributed by atoms with Gasteiger partial charge in [0.25, 0.3) is 0 Å². The number of alkyl halides is 3. The average Bonchev–Trinajstić information content (AvgIpc) is 3.13. The van der Waals surface area contributed by atoms with Crippen molar-refractivity contribution in [2.75, 3.05) is 32.8 Å². The van der Waals surface area contributed by atoms with Crippen LogP contribution in [0.3, 0.4) is 0 Å². The topological polar surface area (TPSA) is 66.7 Å². The lowest BCUT2D eigenvalue weighted by atomic mass is 10.1. The molecule has 1 saturated heterocycles. The van der Waals surface area contributed by atoms with Gasteiger partial charge in [0.2, 0.25) is 0 Å². The number of guanidine groups is 1. The van der Waals surface area contributed by atoms with Crippen molar-refractivity contribution in [2.24, 2.45) is 12.0 Å². The van der Waals surface area contributed by atoms with E-state index < -0.39 is 11.9 Å². The van der Waals surface area contributed by atoms with E-state index in [2.05, 4.69) is 37.8 Å². The molecular formula is C21H30F3IN6O. The largest absolute Gasteiger partial charge is 0.435 e. The highest BCUT2D eigenvalue weighted by atomic mass is 127. The lowest BCUT2D eigenvalue weighted by molar-refractivity contribution is -0.142. The molecule has 0 aliphatic carbocycles. The summed E-state index contributed by atoms with van der Waals surface area (Å²) >= 11 is 0. The Balaban J connectivity index is 0.00000363. The fourth-order valence-corrected chi connectivity index (χ4v) is 3.46. The summed E-state index contributed by atoms with van der Waals surface area (Å²) in [5.74, 6) is 0.459. The van der Waals surface area contributed by atoms with Crippen LogP contribution in [-0.4, -0.2) is 53.5 Å². The molecule has 0 bridgehead atoms. The van der Waals surface area contributed by atoms with Gasteiger partial charge in [-0.1, -0.05) is 24.3 Å². The van der Waals surface area contributed by atoms with Crippen LogP contribution in [-0.2, 0) is 37.6 Å². The number of hydrogen-bond acceptors (Lipinski definition) is 4. The first kappa shape index (κ1) is 26.4. The molecule has 0 amide bonds. The Bertz CT molecular complexity index is 881. The molecule has 0 spiro atoms. The van der Waals surface area contributed by atoms with Gasteiger partial charge in [-0.25, -0.2) is 4.99 Å². The zero-order valence-corrected chi connectivity index (χ0v) is 20.6. The van der Waals surface area contributed by atoms with Crippen molar-refractivity contribution in [1.82, 2.24) is 25.3 Å². The van der Waals surface area contributed by atoms with E-state index in [1.165, 1.54) is 18.8 Å². The van der Waals surface area contributed by atoms with Crippen molar-refractivity contribution in [1.29, 1.82) is 0 Å². The van der Waals surface area contributed by atoms with Crippen LogP contribution >= 0.6 is 24.0 Å². The molecule has 0 unspecified atom stereocenters. The van der Waals surface area contributed by atoms with Crippen molar-refractivity contribution in [3.8, 4) is 0 Å². The van der Waals surface area contributed by atoms with E-state index in [-0.39, 0.29) is 36.1 Å². The molecule has 1 aliphatic rings. The molecule has 1 fully saturated rings. The number of ether oxygens (including phenoxy) is 1. The highest BCUT2D eigenvalue weighted by Crippen LogP contribution is 2.30. The minimum Gasteiger partial charge on any atom is -0.379 e. The second-order valence-electron chi connectivity index (χ2n) is 7.38. The Morgan fingerprint density at radius 3 is 2.47 bits per heavy atom. The first-order valence-corrected chi connectivity index (χ1v) is 10.4. The maximum Gasteiger partial charge on any atom is 0.435 e. The summed E-state index contributed by atoms with van der Waals surface area (Å²) in [7, 11) is 1.47. The van der Waals surface area contributed by atoms with Crippen LogP contribution in [0, 0.1) is 0 Å². The number of halogens is 4. The van der Waals surface area contributed by atoms with Crippen LogP contribution in [0.2, 0.25) is 0 Å². The summed E-state index contributed by atoms with van der Waals surface area (Å²) in [6, 6.07) is 8.14. The predicted molar refractivity (Wildman–Crippen MR) is 128 cm³/mol. The molecule has 0 radical (unpaired) electrons. The van der Waals surface area contributed by atoms with E-state index in [4.69, 9.17) is 4.74 Å². The first-order valence-electron chi connectivity index (χ1n) is 10.4. The third-order valence-electron chi connectivity index (χ3n) is 4.99. The average molecular weight is 566 g/mol. The van der Waals surface area contributed by atoms with E-state index >= 15 is 0 Å². The van der Waals surface area contributed by atoms with E-state index in [1.807, 2.05) is 19.1 Å². The van der Waals surface area contributed by atoms with Gasteiger partial charge in [-0.15, -0.1) is 24.0 Å². The molecule has 11 heteroatoms. The summed E-state index contributed by atoms with van der Waals surface area (Å²) < 4.78 is 46.1. The van der Waals surface area contributed by atoms with E-state index in [1.54, 1.807) is 0 Å². The number of nitrogens with zero attached hydrogens (tertiary/aromatic N) is 4. The van der Waals surface area contributed by atoms with Crippen LogP contribution in [0.5, 0.6) is 0 Å². The second-order valence-corrected chi connectivity index (χ2v) is 7.38. The van der Waals surface area contributed by atoms with E-state index in [0.717, 1.165) is 43.1 Å². The summed E-state index contributed by atoms with van der Waals surface area (Å²) in [6.07, 6.45) is -3.15. The molecule has 32 heavy (non-hydrogen) atoms. The number of morpholine rings is 1. The first-order chi connectivity index (χ1) is 14.9. The van der Waals surface area contributed by atoms with E-state index in [0.29, 0.717) is 19.0 Å². The van der Waals surface area contributed by atoms with Crippen LogP contribution in [0.4, 0.5) is 13.2 Å². The fraction of sp³-hybridized carbons (Fsp3) is 0.524. The molecule has 2 heterocycles. The van der Waals surface area contributed by atoms with Crippen molar-refractivity contribution >= 4 is 29.9 Å². The van der Waals surface area contributed by atoms with Gasteiger partial charge >= 0.3 is 6.18 Å². The molecule has 1 aliphatic heterocycles. The minimum atomic E-state index is -4.50. The van der Waals surface area contributed by atoms with Crippen LogP contribution in [0.25, 0.3) is 0 Å². The lowest BCUT2D eigenvalue weighted by Gasteiger charge is -2.27. The van der Waals surface area contributed by atoms with Gasteiger partial charge in [0.15, 0.2) is 11.7 Å². The number of aromatic nitrogens is 2. The molecule has 3 rings (SSSR count). The monoisotopic (exact) mass is 566 g/mol. The summed E-state index contributed by atoms with van der Waals surface area (Å²) in [6.45, 7) is 7.03. The number of aliphatic imine (C=N–C) groups is 1. The highest BCUT2D eigenvalue weighted by Gasteiger charge is 2.36. The number of aryl methyl sites for hydroxylation is 1. The van der Waals surface area contributed by atoms with Crippen molar-refractivity contribution in [3.63, 3.8) is 0 Å². The summed E-state index contributed by atoms with van der Waals surface area (Å²) in [5, 5.41) is 9.86. The summed E-state index contributed by atoms with van der Waals surface area (Å²) in [5.41, 5.74) is 1.47. The minimum absolute atomic E-state index is 0. The maximum absolute atomic E-state index is 13.2. The predicted octanol–water partition coefficient (Wildman–Crippen LogP) is 3.14. The Morgan fingerprint density at radius 1 is 1.12 bits per heavy atom. The third kappa shape index (κ3) is 7.62. The molecule has 7 nitrogen and oxygen atoms in total. The van der Waals surface area contributed by atoms with Gasteiger partial charge in [-0.2, -0.15) is 18.3 Å². The highest BCUT2D eigenvalue weighted by molar-refractivity contribution is 14.0. The molecule has 1 aromatic carbocycles. The third-order valence-corrected chi connectivity index (χ3v) is 4.99. The van der Waals surface area contributed by atoms with Gasteiger partial charge < -0.3 is 15.4 Å². The molecule has 2 N–H and O–H groups in total. The normalized spacial score (nSPS) is 15.3. The van der Waals surface area contributed by atoms with Crippen LogP contribution < -0.4 is 10.6 Å². The van der Waals surface area contributed by atoms with Gasteiger partial charge in [0.1, 0.15) is 0 Å². The Kier molecular flexibility index (Phi) is 10.2. The maximum atomic E-state index is 13.2. The van der Waals surface area contributed by atoms with Crippen molar-refractivity contribution in [3.05, 3.63) is 52.8 Å². The van der Waals surface area contributed by atoms with Crippen molar-refractivity contribution in [2.45, 2.75) is 32.7 Å². The number of rotatable bonds is 7. The molecular weight excluding hydrogens is 536 g/mol. The lowest BCUT2D eigenvalue weighted by Crippen LogP contribution is -2.38. The van der Waals surface area contributed by atoms with Crippen LogP contribution in [0.15, 0.2) is 35.5 Å². The zero-order chi connectivity index (χ0) is 22.3. The molecule has 0 atom stereocenters. The van der Waals surface area contributed by atoms with Gasteiger partial charge in [-0.3, -0.25) is 9.58 Å². The van der Waals surface area contributed by atoms with Gasteiger partial charge in [0, 0.05) is 51.5 Å².